The van der Waals surface area contributed by atoms with Gasteiger partial charge in [-0.15, -0.1) is 0 Å². The molecule has 1 aromatic carbocycles. The third-order valence-electron chi connectivity index (χ3n) is 6.64. The summed E-state index contributed by atoms with van der Waals surface area (Å²) < 4.78 is 10.5. The average Bonchev–Trinajstić information content (AvgIpc) is 3.18. The van der Waals surface area contributed by atoms with Crippen LogP contribution in [-0.4, -0.2) is 66.0 Å². The van der Waals surface area contributed by atoms with Crippen molar-refractivity contribution in [3.8, 4) is 11.5 Å². The lowest BCUT2D eigenvalue weighted by molar-refractivity contribution is -0.141. The highest BCUT2D eigenvalue weighted by Gasteiger charge is 2.53. The summed E-state index contributed by atoms with van der Waals surface area (Å²) in [6.45, 7) is 0.842. The maximum absolute atomic E-state index is 13.2. The summed E-state index contributed by atoms with van der Waals surface area (Å²) in [6.07, 6.45) is 3.57. The number of nitrogens with one attached hydrogen (secondary N) is 3. The molecule has 2 aliphatic heterocycles. The van der Waals surface area contributed by atoms with Crippen LogP contribution in [0.25, 0.3) is 0 Å². The molecule has 2 saturated heterocycles. The van der Waals surface area contributed by atoms with E-state index < -0.39 is 47.4 Å². The number of hydrogen-bond donors (Lipinski definition) is 3. The highest BCUT2D eigenvalue weighted by molar-refractivity contribution is 6.10. The second-order valence-corrected chi connectivity index (χ2v) is 8.76. The van der Waals surface area contributed by atoms with Gasteiger partial charge in [-0.3, -0.25) is 24.7 Å². The summed E-state index contributed by atoms with van der Waals surface area (Å²) >= 11 is 0. The number of amides is 7. The van der Waals surface area contributed by atoms with E-state index in [1.54, 1.807) is 18.2 Å². The fourth-order valence-electron chi connectivity index (χ4n) is 4.70. The highest BCUT2D eigenvalue weighted by Crippen LogP contribution is 2.36. The number of hydrazine groups is 1. The van der Waals surface area contributed by atoms with E-state index in [0.717, 1.165) is 24.2 Å². The first-order chi connectivity index (χ1) is 16.1. The van der Waals surface area contributed by atoms with Gasteiger partial charge in [-0.25, -0.2) is 9.59 Å². The number of carbonyl (C=O) groups excluding carboxylic acids is 5. The Morgan fingerprint density at radius 2 is 1.65 bits per heavy atom. The Morgan fingerprint density at radius 3 is 2.29 bits per heavy atom. The predicted octanol–water partition coefficient (Wildman–Crippen LogP) is 0.757. The minimum absolute atomic E-state index is 0.370. The van der Waals surface area contributed by atoms with Crippen molar-refractivity contribution in [1.82, 2.24) is 26.0 Å². The molecule has 7 amide bonds. The fraction of sp³-hybridized carbons (Fsp3) is 0.500. The molecule has 3 fully saturated rings. The van der Waals surface area contributed by atoms with Gasteiger partial charge in [-0.05, 0) is 37.5 Å². The number of methoxy groups -OCH3 is 2. The first kappa shape index (κ1) is 23.3. The van der Waals surface area contributed by atoms with E-state index in [9.17, 15) is 24.0 Å². The van der Waals surface area contributed by atoms with Crippen molar-refractivity contribution >= 4 is 29.8 Å². The number of hydrogen-bond acceptors (Lipinski definition) is 7. The van der Waals surface area contributed by atoms with E-state index in [0.29, 0.717) is 34.9 Å². The van der Waals surface area contributed by atoms with Gasteiger partial charge in [-0.1, -0.05) is 25.3 Å². The molecule has 3 aliphatic rings. The van der Waals surface area contributed by atoms with Crippen LogP contribution in [0.4, 0.5) is 9.59 Å². The minimum atomic E-state index is -1.45. The van der Waals surface area contributed by atoms with Gasteiger partial charge in [0.15, 0.2) is 11.5 Å². The second kappa shape index (κ2) is 8.50. The molecule has 182 valence electrons. The Balaban J connectivity index is 1.47. The standard InChI is InChI=1S/C22H27N5O7/c1-21(13-7-8-14(33-2)15(11-13)34-3)17(29)26(19(31)23-21)12-16(28)25-27-18(30)22(24-20(27)32)9-5-4-6-10-22/h7-8,11H,4-6,9-10,12H2,1-3H3,(H,23,31)(H,24,32)(H,25,28). The molecule has 1 atom stereocenters. The molecule has 34 heavy (non-hydrogen) atoms. The Kier molecular flexibility index (Phi) is 5.84. The lowest BCUT2D eigenvalue weighted by Crippen LogP contribution is -2.53. The van der Waals surface area contributed by atoms with Crippen LogP contribution in [0.1, 0.15) is 44.6 Å². The van der Waals surface area contributed by atoms with E-state index in [1.165, 1.54) is 21.1 Å². The van der Waals surface area contributed by atoms with Gasteiger partial charge in [-0.2, -0.15) is 5.01 Å². The van der Waals surface area contributed by atoms with Gasteiger partial charge in [0.2, 0.25) is 0 Å². The van der Waals surface area contributed by atoms with Gasteiger partial charge in [0.05, 0.1) is 14.2 Å². The molecule has 1 aliphatic carbocycles. The number of nitrogens with zero attached hydrogens (tertiary/aromatic N) is 2. The number of imide groups is 2. The van der Waals surface area contributed by atoms with Crippen molar-refractivity contribution < 1.29 is 33.4 Å². The Hall–Kier alpha value is -3.83. The largest absolute Gasteiger partial charge is 0.493 e. The number of rotatable bonds is 6. The van der Waals surface area contributed by atoms with Crippen LogP contribution in [0.5, 0.6) is 11.5 Å². The normalized spacial score (nSPS) is 23.7. The summed E-state index contributed by atoms with van der Waals surface area (Å²) in [4.78, 5) is 64.3. The van der Waals surface area contributed by atoms with Gasteiger partial charge < -0.3 is 20.1 Å². The van der Waals surface area contributed by atoms with Crippen molar-refractivity contribution in [1.29, 1.82) is 0 Å². The van der Waals surface area contributed by atoms with Crippen molar-refractivity contribution in [3.63, 3.8) is 0 Å². The Bertz CT molecular complexity index is 1070. The van der Waals surface area contributed by atoms with Crippen LogP contribution in [0, 0.1) is 0 Å². The lowest BCUT2D eigenvalue weighted by Gasteiger charge is -2.30. The molecule has 1 saturated carbocycles. The molecule has 1 spiro atoms. The predicted molar refractivity (Wildman–Crippen MR) is 116 cm³/mol. The van der Waals surface area contributed by atoms with Gasteiger partial charge in [0.1, 0.15) is 17.6 Å². The van der Waals surface area contributed by atoms with Gasteiger partial charge in [0.25, 0.3) is 17.7 Å². The van der Waals surface area contributed by atoms with Crippen LogP contribution in [0.3, 0.4) is 0 Å². The molecule has 0 bridgehead atoms. The third-order valence-corrected chi connectivity index (χ3v) is 6.64. The summed E-state index contributed by atoms with van der Waals surface area (Å²) in [6, 6.07) is 3.27. The van der Waals surface area contributed by atoms with Crippen molar-refractivity contribution in [2.75, 3.05) is 20.8 Å². The topological polar surface area (TPSA) is 146 Å². The second-order valence-electron chi connectivity index (χ2n) is 8.76. The smallest absolute Gasteiger partial charge is 0.344 e. The molecule has 12 heteroatoms. The van der Waals surface area contributed by atoms with Crippen LogP contribution in [-0.2, 0) is 19.9 Å². The number of urea groups is 2. The molecule has 0 aromatic heterocycles. The molecule has 4 rings (SSSR count). The van der Waals surface area contributed by atoms with E-state index >= 15 is 0 Å². The quantitative estimate of drug-likeness (QED) is 0.517. The maximum atomic E-state index is 13.2. The SMILES string of the molecule is COc1ccc(C2(C)NC(=O)N(CC(=O)NN3C(=O)NC4(CCCCC4)C3=O)C2=O)cc1OC. The molecule has 2 heterocycles. The van der Waals surface area contributed by atoms with E-state index in [1.807, 2.05) is 0 Å². The monoisotopic (exact) mass is 473 g/mol. The zero-order valence-corrected chi connectivity index (χ0v) is 19.2. The Morgan fingerprint density at radius 1 is 0.971 bits per heavy atom. The van der Waals surface area contributed by atoms with Gasteiger partial charge >= 0.3 is 12.1 Å². The zero-order valence-electron chi connectivity index (χ0n) is 19.2. The number of ether oxygens (including phenoxy) is 2. The number of benzene rings is 1. The summed E-state index contributed by atoms with van der Waals surface area (Å²) in [5.41, 5.74) is 0.212. The van der Waals surface area contributed by atoms with Crippen LogP contribution in [0.15, 0.2) is 18.2 Å². The minimum Gasteiger partial charge on any atom is -0.493 e. The zero-order chi connectivity index (χ0) is 24.7. The molecular weight excluding hydrogens is 446 g/mol. The molecule has 3 N–H and O–H groups in total. The maximum Gasteiger partial charge on any atom is 0.344 e. The first-order valence-electron chi connectivity index (χ1n) is 11.0. The van der Waals surface area contributed by atoms with E-state index in [-0.39, 0.29) is 0 Å². The van der Waals surface area contributed by atoms with Crippen LogP contribution >= 0.6 is 0 Å². The molecule has 1 aromatic rings. The van der Waals surface area contributed by atoms with Crippen molar-refractivity contribution in [2.24, 2.45) is 0 Å². The first-order valence-corrected chi connectivity index (χ1v) is 11.0. The van der Waals surface area contributed by atoms with Gasteiger partial charge in [0, 0.05) is 0 Å². The molecular formula is C22H27N5O7. The van der Waals surface area contributed by atoms with Crippen LogP contribution < -0.4 is 25.5 Å². The number of carbonyl (C=O) groups is 5. The van der Waals surface area contributed by atoms with Crippen LogP contribution in [0.2, 0.25) is 0 Å². The van der Waals surface area contributed by atoms with Crippen molar-refractivity contribution in [3.05, 3.63) is 23.8 Å². The van der Waals surface area contributed by atoms with E-state index in [2.05, 4.69) is 16.1 Å². The average molecular weight is 473 g/mol. The summed E-state index contributed by atoms with van der Waals surface area (Å²) in [5, 5.41) is 5.92. The summed E-state index contributed by atoms with van der Waals surface area (Å²) in [5.74, 6) is -1.23. The lowest BCUT2D eigenvalue weighted by atomic mass is 9.82. The fourth-order valence-corrected chi connectivity index (χ4v) is 4.70. The highest BCUT2D eigenvalue weighted by atomic mass is 16.5. The third kappa shape index (κ3) is 3.68. The molecule has 12 nitrogen and oxygen atoms in total. The summed E-state index contributed by atoms with van der Waals surface area (Å²) in [7, 11) is 2.92. The molecule has 1 unspecified atom stereocenters. The van der Waals surface area contributed by atoms with E-state index in [4.69, 9.17) is 9.47 Å². The van der Waals surface area contributed by atoms with Crippen molar-refractivity contribution in [2.45, 2.75) is 50.1 Å². The molecule has 0 radical (unpaired) electrons. The Labute approximate surface area is 195 Å².